The first-order valence-electron chi connectivity index (χ1n) is 23.8. The fraction of sp³-hybridized carbons (Fsp3) is 0.745. The van der Waals surface area contributed by atoms with E-state index in [9.17, 15) is 14.4 Å². The summed E-state index contributed by atoms with van der Waals surface area (Å²) < 4.78 is 16.7. The van der Waals surface area contributed by atoms with Gasteiger partial charge in [-0.3, -0.25) is 14.4 Å². The molecule has 0 fully saturated rings. The minimum atomic E-state index is -0.796. The quantitative estimate of drug-likeness (QED) is 0.0265. The summed E-state index contributed by atoms with van der Waals surface area (Å²) >= 11 is 0. The van der Waals surface area contributed by atoms with Crippen molar-refractivity contribution >= 4 is 17.9 Å². The van der Waals surface area contributed by atoms with Crippen LogP contribution in [-0.4, -0.2) is 37.2 Å². The summed E-state index contributed by atoms with van der Waals surface area (Å²) in [5, 5.41) is 0. The molecule has 0 aliphatic rings. The molecule has 0 heterocycles. The van der Waals surface area contributed by atoms with E-state index in [2.05, 4.69) is 81.5 Å². The van der Waals surface area contributed by atoms with Gasteiger partial charge in [0.1, 0.15) is 13.2 Å². The molecular weight excluding hydrogens is 709 g/mol. The zero-order chi connectivity index (χ0) is 41.5. The maximum atomic E-state index is 12.7. The third-order valence-corrected chi connectivity index (χ3v) is 9.99. The summed E-state index contributed by atoms with van der Waals surface area (Å²) in [6.45, 7) is 6.50. The van der Waals surface area contributed by atoms with E-state index in [1.165, 1.54) is 103 Å². The van der Waals surface area contributed by atoms with Crippen LogP contribution in [0.3, 0.4) is 0 Å². The van der Waals surface area contributed by atoms with Crippen molar-refractivity contribution in [2.45, 2.75) is 232 Å². The van der Waals surface area contributed by atoms with Gasteiger partial charge in [-0.2, -0.15) is 0 Å². The Bertz CT molecular complexity index is 1050. The molecule has 6 heteroatoms. The van der Waals surface area contributed by atoms with Crippen molar-refractivity contribution in [3.63, 3.8) is 0 Å². The predicted molar refractivity (Wildman–Crippen MR) is 242 cm³/mol. The lowest BCUT2D eigenvalue weighted by molar-refractivity contribution is -0.167. The first-order valence-corrected chi connectivity index (χ1v) is 23.8. The molecule has 0 amide bonds. The van der Waals surface area contributed by atoms with Gasteiger partial charge in [0, 0.05) is 19.3 Å². The number of hydrogen-bond acceptors (Lipinski definition) is 6. The van der Waals surface area contributed by atoms with Gasteiger partial charge in [-0.25, -0.2) is 0 Å². The predicted octanol–water partition coefficient (Wildman–Crippen LogP) is 15.3. The molecule has 0 unspecified atom stereocenters. The first-order chi connectivity index (χ1) is 28.0. The molecule has 0 aromatic carbocycles. The van der Waals surface area contributed by atoms with E-state index in [4.69, 9.17) is 14.2 Å². The van der Waals surface area contributed by atoms with Crippen molar-refractivity contribution in [2.24, 2.45) is 0 Å². The van der Waals surface area contributed by atoms with Crippen molar-refractivity contribution in [1.29, 1.82) is 0 Å². The number of allylic oxidation sites excluding steroid dienone is 10. The molecular formula is C51H88O6. The largest absolute Gasteiger partial charge is 0.462 e. The number of carbonyl (C=O) groups excluding carboxylic acids is 3. The van der Waals surface area contributed by atoms with Crippen LogP contribution in [0, 0.1) is 0 Å². The second-order valence-corrected chi connectivity index (χ2v) is 15.7. The summed E-state index contributed by atoms with van der Waals surface area (Å²) in [5.41, 5.74) is 0. The highest BCUT2D eigenvalue weighted by Crippen LogP contribution is 2.14. The Morgan fingerprint density at radius 2 is 0.667 bits per heavy atom. The van der Waals surface area contributed by atoms with Gasteiger partial charge in [-0.05, 0) is 77.0 Å². The lowest BCUT2D eigenvalue weighted by Crippen LogP contribution is -2.30. The Morgan fingerprint density at radius 3 is 1.16 bits per heavy atom. The minimum Gasteiger partial charge on any atom is -0.462 e. The van der Waals surface area contributed by atoms with Crippen LogP contribution in [0.25, 0.3) is 0 Å². The van der Waals surface area contributed by atoms with Gasteiger partial charge in [0.25, 0.3) is 0 Å². The molecule has 0 aromatic heterocycles. The molecule has 0 aromatic rings. The van der Waals surface area contributed by atoms with Crippen LogP contribution in [0.1, 0.15) is 226 Å². The number of ether oxygens (including phenoxy) is 3. The molecule has 0 radical (unpaired) electrons. The molecule has 328 valence electrons. The highest BCUT2D eigenvalue weighted by atomic mass is 16.6. The summed E-state index contributed by atoms with van der Waals surface area (Å²) in [6, 6.07) is 0. The zero-order valence-corrected chi connectivity index (χ0v) is 37.3. The van der Waals surface area contributed by atoms with Crippen molar-refractivity contribution in [3.05, 3.63) is 60.8 Å². The molecule has 0 aliphatic carbocycles. The zero-order valence-electron chi connectivity index (χ0n) is 37.3. The van der Waals surface area contributed by atoms with Crippen LogP contribution >= 0.6 is 0 Å². The van der Waals surface area contributed by atoms with Gasteiger partial charge in [-0.15, -0.1) is 0 Å². The Morgan fingerprint density at radius 1 is 0.351 bits per heavy atom. The van der Waals surface area contributed by atoms with E-state index in [1.54, 1.807) is 0 Å². The summed E-state index contributed by atoms with van der Waals surface area (Å²) in [6.07, 6.45) is 54.9. The summed E-state index contributed by atoms with van der Waals surface area (Å²) in [7, 11) is 0. The maximum absolute atomic E-state index is 12.7. The smallest absolute Gasteiger partial charge is 0.306 e. The van der Waals surface area contributed by atoms with E-state index in [0.717, 1.165) is 77.0 Å². The number of unbranched alkanes of at least 4 members (excludes halogenated alkanes) is 21. The van der Waals surface area contributed by atoms with E-state index in [1.807, 2.05) is 0 Å². The Kier molecular flexibility index (Phi) is 43.5. The lowest BCUT2D eigenvalue weighted by Gasteiger charge is -2.18. The summed E-state index contributed by atoms with van der Waals surface area (Å²) in [5.74, 6) is -0.964. The molecule has 1 atom stereocenters. The Hall–Kier alpha value is -2.89. The number of carbonyl (C=O) groups is 3. The van der Waals surface area contributed by atoms with Crippen LogP contribution in [0.4, 0.5) is 0 Å². The molecule has 0 aliphatic heterocycles. The van der Waals surface area contributed by atoms with E-state index >= 15 is 0 Å². The van der Waals surface area contributed by atoms with Crippen LogP contribution < -0.4 is 0 Å². The van der Waals surface area contributed by atoms with Crippen molar-refractivity contribution < 1.29 is 28.6 Å². The van der Waals surface area contributed by atoms with Crippen molar-refractivity contribution in [1.82, 2.24) is 0 Å². The third kappa shape index (κ3) is 44.1. The topological polar surface area (TPSA) is 78.9 Å². The second-order valence-electron chi connectivity index (χ2n) is 15.7. The van der Waals surface area contributed by atoms with E-state index < -0.39 is 6.10 Å². The van der Waals surface area contributed by atoms with E-state index in [0.29, 0.717) is 19.3 Å². The average molecular weight is 797 g/mol. The second kappa shape index (κ2) is 45.8. The third-order valence-electron chi connectivity index (χ3n) is 9.99. The maximum Gasteiger partial charge on any atom is 0.306 e. The number of esters is 3. The van der Waals surface area contributed by atoms with Crippen LogP contribution in [0.5, 0.6) is 0 Å². The fourth-order valence-electron chi connectivity index (χ4n) is 6.36. The minimum absolute atomic E-state index is 0.0934. The van der Waals surface area contributed by atoms with Gasteiger partial charge in [-0.1, -0.05) is 191 Å². The highest BCUT2D eigenvalue weighted by Gasteiger charge is 2.19. The molecule has 6 nitrogen and oxygen atoms in total. The van der Waals surface area contributed by atoms with Gasteiger partial charge >= 0.3 is 17.9 Å². The van der Waals surface area contributed by atoms with Gasteiger partial charge in [0.2, 0.25) is 0 Å². The number of hydrogen-bond donors (Lipinski definition) is 0. The molecule has 0 saturated carbocycles. The Labute approximate surface area is 351 Å². The Balaban J connectivity index is 4.45. The van der Waals surface area contributed by atoms with E-state index in [-0.39, 0.29) is 37.5 Å². The molecule has 0 N–H and O–H groups in total. The standard InChI is InChI=1S/C51H88O6/c1-4-7-10-13-16-19-22-23-24-25-26-27-30-32-35-38-41-44-50(53)56-47-48(57-51(54)45-42-39-36-33-29-21-18-15-12-9-6-3)46-55-49(52)43-40-37-34-31-28-20-17-14-11-8-5-2/h15-16,18-19,23-24,26-27,32,35,48H,4-14,17,20-22,25,28-31,33-34,36-47H2,1-3H3/b18-15-,19-16-,24-23-,27-26-,35-32-/t48-/m0/s1. The van der Waals surface area contributed by atoms with Gasteiger partial charge in [0.15, 0.2) is 6.10 Å². The molecule has 0 rings (SSSR count). The van der Waals surface area contributed by atoms with Crippen molar-refractivity contribution in [2.75, 3.05) is 13.2 Å². The van der Waals surface area contributed by atoms with Gasteiger partial charge in [0.05, 0.1) is 0 Å². The number of rotatable bonds is 42. The first kappa shape index (κ1) is 54.1. The highest BCUT2D eigenvalue weighted by molar-refractivity contribution is 5.71. The van der Waals surface area contributed by atoms with Gasteiger partial charge < -0.3 is 14.2 Å². The molecule has 0 bridgehead atoms. The lowest BCUT2D eigenvalue weighted by atomic mass is 10.1. The summed E-state index contributed by atoms with van der Waals surface area (Å²) in [4.78, 5) is 37.7. The normalized spacial score (nSPS) is 12.5. The average Bonchev–Trinajstić information content (AvgIpc) is 3.21. The SMILES string of the molecule is CCCC/C=C\CCCCCCCC(=O)O[C@H](COC(=O)CCC/C=C\C/C=C\C/C=C\C/C=C\CCCCC)COC(=O)CCCCCCCCCCCCC. The monoisotopic (exact) mass is 797 g/mol. The van der Waals surface area contributed by atoms with Crippen LogP contribution in [-0.2, 0) is 28.6 Å². The van der Waals surface area contributed by atoms with Crippen LogP contribution in [0.15, 0.2) is 60.8 Å². The molecule has 0 saturated heterocycles. The van der Waals surface area contributed by atoms with Crippen LogP contribution in [0.2, 0.25) is 0 Å². The van der Waals surface area contributed by atoms with Crippen molar-refractivity contribution in [3.8, 4) is 0 Å². The molecule has 57 heavy (non-hydrogen) atoms. The molecule has 0 spiro atoms. The fourth-order valence-corrected chi connectivity index (χ4v) is 6.36.